The highest BCUT2D eigenvalue weighted by molar-refractivity contribution is 6.00. The molecule has 4 aliphatic rings. The number of fused-ring (bicyclic) bond motifs is 1. The van der Waals surface area contributed by atoms with Crippen LogP contribution in [0.2, 0.25) is 0 Å². The summed E-state index contributed by atoms with van der Waals surface area (Å²) in [7, 11) is 0. The molecule has 5 rings (SSSR count). The third-order valence-electron chi connectivity index (χ3n) is 10.1. The second-order valence-electron chi connectivity index (χ2n) is 12.3. The minimum atomic E-state index is -1.55. The van der Waals surface area contributed by atoms with Gasteiger partial charge in [-0.2, -0.15) is 0 Å². The van der Waals surface area contributed by atoms with Gasteiger partial charge >= 0.3 is 11.9 Å². The molecule has 5 atom stereocenters. The lowest BCUT2D eigenvalue weighted by atomic mass is 9.58. The van der Waals surface area contributed by atoms with Gasteiger partial charge in [-0.3, -0.25) is 9.59 Å². The summed E-state index contributed by atoms with van der Waals surface area (Å²) in [4.78, 5) is 27.0. The monoisotopic (exact) mass is 499 g/mol. The van der Waals surface area contributed by atoms with Crippen LogP contribution in [0.15, 0.2) is 30.3 Å². The Morgan fingerprint density at radius 3 is 2.28 bits per heavy atom. The fourth-order valence-electron chi connectivity index (χ4n) is 8.48. The second kappa shape index (κ2) is 8.56. The first kappa shape index (κ1) is 24.4. The second-order valence-corrected chi connectivity index (χ2v) is 12.3. The maximum absolute atomic E-state index is 13.5. The Labute approximate surface area is 216 Å². The quantitative estimate of drug-likeness (QED) is 0.382. The Kier molecular flexibility index (Phi) is 5.80. The van der Waals surface area contributed by atoms with Gasteiger partial charge in [-0.25, -0.2) is 0 Å². The van der Waals surface area contributed by atoms with Crippen LogP contribution in [0.3, 0.4) is 0 Å². The van der Waals surface area contributed by atoms with E-state index in [2.05, 4.69) is 27.7 Å². The van der Waals surface area contributed by atoms with Crippen molar-refractivity contribution in [3.8, 4) is 0 Å². The molecule has 36 heavy (non-hydrogen) atoms. The molecule has 1 heterocycles. The van der Waals surface area contributed by atoms with E-state index in [1.807, 2.05) is 30.3 Å². The Hall–Kier alpha value is -1.92. The molecule has 1 aliphatic heterocycles. The van der Waals surface area contributed by atoms with E-state index in [1.54, 1.807) is 13.8 Å². The number of hydrogen-bond acceptors (Lipinski definition) is 6. The number of carbonyl (C=O) groups excluding carboxylic acids is 2. The van der Waals surface area contributed by atoms with Crippen molar-refractivity contribution < 1.29 is 29.9 Å². The van der Waals surface area contributed by atoms with Crippen LogP contribution in [0.4, 0.5) is 0 Å². The first-order chi connectivity index (χ1) is 17.3. The predicted molar refractivity (Wildman–Crippen MR) is 135 cm³/mol. The molecule has 1 aromatic rings. The lowest BCUT2D eigenvalue weighted by molar-refractivity contribution is -0.407. The third-order valence-corrected chi connectivity index (χ3v) is 10.1. The highest BCUT2D eigenvalue weighted by Gasteiger charge is 2.77. The van der Waals surface area contributed by atoms with E-state index in [0.717, 1.165) is 18.4 Å². The van der Waals surface area contributed by atoms with Crippen LogP contribution in [0.1, 0.15) is 80.6 Å². The number of ether oxygens (including phenoxy) is 4. The van der Waals surface area contributed by atoms with Crippen LogP contribution in [0, 0.1) is 28.1 Å². The molecular weight excluding hydrogens is 456 g/mol. The van der Waals surface area contributed by atoms with Crippen molar-refractivity contribution in [1.29, 1.82) is 0 Å². The zero-order valence-electron chi connectivity index (χ0n) is 23.6. The molecule has 2 spiro atoms. The molecule has 0 radical (unpaired) electrons. The van der Waals surface area contributed by atoms with Crippen molar-refractivity contribution in [2.75, 3.05) is 13.2 Å². The van der Waals surface area contributed by atoms with E-state index in [0.29, 0.717) is 18.8 Å². The summed E-state index contributed by atoms with van der Waals surface area (Å²) in [6, 6.07) is 10.00. The van der Waals surface area contributed by atoms with Gasteiger partial charge in [0.1, 0.15) is 0 Å². The molecule has 1 aromatic carbocycles. The van der Waals surface area contributed by atoms with E-state index < -0.39 is 40.2 Å². The van der Waals surface area contributed by atoms with Gasteiger partial charge in [0.2, 0.25) is 0 Å². The van der Waals surface area contributed by atoms with Crippen molar-refractivity contribution in [3.63, 3.8) is 0 Å². The molecule has 3 saturated carbocycles. The van der Waals surface area contributed by atoms with E-state index >= 15 is 0 Å². The Morgan fingerprint density at radius 1 is 1.06 bits per heavy atom. The Bertz CT molecular complexity index is 1050. The van der Waals surface area contributed by atoms with Crippen molar-refractivity contribution in [1.82, 2.24) is 0 Å². The summed E-state index contributed by atoms with van der Waals surface area (Å²) < 4.78 is 34.9. The van der Waals surface area contributed by atoms with Crippen molar-refractivity contribution in [2.24, 2.45) is 28.1 Å². The number of hydrogen-bond donors (Lipinski definition) is 0. The number of rotatable bonds is 6. The molecule has 6 nitrogen and oxygen atoms in total. The summed E-state index contributed by atoms with van der Waals surface area (Å²) in [5.74, 6) is -2.48. The highest BCUT2D eigenvalue weighted by Crippen LogP contribution is 2.75. The maximum atomic E-state index is 13.5. The first-order valence-corrected chi connectivity index (χ1v) is 13.6. The average molecular weight is 500 g/mol. The summed E-state index contributed by atoms with van der Waals surface area (Å²) in [6.07, 6.45) is 2.08. The molecule has 3 aliphatic carbocycles. The van der Waals surface area contributed by atoms with Gasteiger partial charge in [0.15, 0.2) is 11.2 Å². The van der Waals surface area contributed by atoms with Gasteiger partial charge in [-0.05, 0) is 76.7 Å². The molecule has 2 bridgehead atoms. The summed E-state index contributed by atoms with van der Waals surface area (Å²) in [5.41, 5.74) is -1.83. The maximum Gasteiger partial charge on any atom is 0.323 e. The van der Waals surface area contributed by atoms with Gasteiger partial charge in [0.25, 0.3) is 0 Å². The van der Waals surface area contributed by atoms with Crippen molar-refractivity contribution in [3.05, 3.63) is 35.9 Å². The molecule has 0 N–H and O–H groups in total. The number of carbonyl (C=O) groups is 2. The molecule has 4 fully saturated rings. The van der Waals surface area contributed by atoms with Crippen LogP contribution >= 0.6 is 0 Å². The Morgan fingerprint density at radius 2 is 1.69 bits per heavy atom. The molecular formula is C30H42O6. The largest absolute Gasteiger partial charge is 0.465 e. The van der Waals surface area contributed by atoms with Gasteiger partial charge in [-0.1, -0.05) is 44.2 Å². The predicted octanol–water partition coefficient (Wildman–Crippen LogP) is 5.47. The van der Waals surface area contributed by atoms with E-state index in [9.17, 15) is 11.0 Å². The molecule has 198 valence electrons. The summed E-state index contributed by atoms with van der Waals surface area (Å²) in [5, 5.41) is 0. The van der Waals surface area contributed by atoms with Gasteiger partial charge < -0.3 is 18.9 Å². The standard InChI is InChI=1S/C30H42O6/c1-7-33-24(31)28(25(32)34-8-2)18-22(16-20-12-10-9-11-13-20)30(19-28)35-23-17-21-14-15-29(23,26(21,3)4)27(5,6)36-30/h9-13,21-23H,7-8,14-19H2,1-6H3/t21-,22+,23-,29-,30+/m0/s1/i23D. The molecule has 0 unspecified atom stereocenters. The van der Waals surface area contributed by atoms with Crippen LogP contribution in [-0.4, -0.2) is 42.6 Å². The third kappa shape index (κ3) is 3.36. The summed E-state index contributed by atoms with van der Waals surface area (Å²) >= 11 is 0. The molecule has 6 heteroatoms. The van der Waals surface area contributed by atoms with Gasteiger partial charge in [0.05, 0.1) is 26.3 Å². The minimum absolute atomic E-state index is 0.0135. The molecule has 0 aromatic heterocycles. The molecule has 0 amide bonds. The van der Waals surface area contributed by atoms with Crippen LogP contribution < -0.4 is 0 Å². The minimum Gasteiger partial charge on any atom is -0.465 e. The molecule has 1 saturated heterocycles. The normalized spacial score (nSPS) is 39.4. The Balaban J connectivity index is 1.63. The van der Waals surface area contributed by atoms with Gasteiger partial charge in [-0.15, -0.1) is 0 Å². The van der Waals surface area contributed by atoms with Crippen molar-refractivity contribution >= 4 is 11.9 Å². The van der Waals surface area contributed by atoms with Crippen molar-refractivity contribution in [2.45, 2.75) is 97.5 Å². The van der Waals surface area contributed by atoms with Crippen LogP contribution in [-0.2, 0) is 35.0 Å². The van der Waals surface area contributed by atoms with E-state index in [-0.39, 0.29) is 37.4 Å². The lowest BCUT2D eigenvalue weighted by Crippen LogP contribution is -2.67. The van der Waals surface area contributed by atoms with Gasteiger partial charge in [0, 0.05) is 17.8 Å². The average Bonchev–Trinajstić information content (AvgIpc) is 3.33. The number of benzene rings is 1. The van der Waals surface area contributed by atoms with Crippen LogP contribution in [0.25, 0.3) is 0 Å². The fourth-order valence-corrected chi connectivity index (χ4v) is 8.48. The number of esters is 2. The first-order valence-electron chi connectivity index (χ1n) is 14.1. The van der Waals surface area contributed by atoms with E-state index in [4.69, 9.17) is 18.9 Å². The highest BCUT2D eigenvalue weighted by atomic mass is 16.7. The topological polar surface area (TPSA) is 71.1 Å². The smallest absolute Gasteiger partial charge is 0.323 e. The fraction of sp³-hybridized carbons (Fsp3) is 0.733. The SMILES string of the molecule is [2H][C@]12C[C@@H]3CC[C@@]1(C(C)(C)O[C@@]1(CC(C(=O)OCC)(C(=O)OCC)C[C@H]1Cc1ccccc1)O2)C3(C)C. The zero-order chi connectivity index (χ0) is 26.9. The lowest BCUT2D eigenvalue weighted by Gasteiger charge is -2.61. The van der Waals surface area contributed by atoms with Crippen LogP contribution in [0.5, 0.6) is 0 Å². The van der Waals surface area contributed by atoms with E-state index in [1.165, 1.54) is 0 Å². The zero-order valence-corrected chi connectivity index (χ0v) is 22.6. The summed E-state index contributed by atoms with van der Waals surface area (Å²) in [6.45, 7) is 12.5.